The van der Waals surface area contributed by atoms with Gasteiger partial charge in [0.15, 0.2) is 0 Å². The summed E-state index contributed by atoms with van der Waals surface area (Å²) in [6, 6.07) is 19.0. The molecule has 2 fully saturated rings. The minimum absolute atomic E-state index is 0.134. The molecule has 7 rings (SSSR count). The Labute approximate surface area is 265 Å². The van der Waals surface area contributed by atoms with Gasteiger partial charge in [-0.1, -0.05) is 35.9 Å². The number of para-hydroxylation sites is 1. The van der Waals surface area contributed by atoms with Crippen LogP contribution in [0.2, 0.25) is 5.02 Å². The van der Waals surface area contributed by atoms with Gasteiger partial charge in [0.2, 0.25) is 0 Å². The number of anilines is 1. The Kier molecular flexibility index (Phi) is 7.53. The molecule has 0 amide bonds. The first-order chi connectivity index (χ1) is 21.6. The van der Waals surface area contributed by atoms with Crippen LogP contribution in [0.4, 0.5) is 18.9 Å². The first-order valence-electron chi connectivity index (χ1n) is 14.3. The summed E-state index contributed by atoms with van der Waals surface area (Å²) in [5.41, 5.74) is 4.35. The lowest BCUT2D eigenvalue weighted by atomic mass is 9.90. The van der Waals surface area contributed by atoms with Crippen LogP contribution in [0.25, 0.3) is 22.2 Å². The highest BCUT2D eigenvalue weighted by Gasteiger charge is 2.35. The zero-order valence-corrected chi connectivity index (χ0v) is 25.1. The van der Waals surface area contributed by atoms with Crippen molar-refractivity contribution >= 4 is 45.7 Å². The summed E-state index contributed by atoms with van der Waals surface area (Å²) in [5.74, 6) is -0.208. The molecule has 0 bridgehead atoms. The molecule has 1 aliphatic heterocycles. The van der Waals surface area contributed by atoms with Crippen LogP contribution < -0.4 is 14.4 Å². The van der Waals surface area contributed by atoms with E-state index in [9.17, 15) is 23.1 Å². The Bertz CT molecular complexity index is 1920. The van der Waals surface area contributed by atoms with E-state index in [1.807, 2.05) is 30.3 Å². The lowest BCUT2D eigenvalue weighted by Gasteiger charge is -2.41. The number of carboxylic acids is 1. The lowest BCUT2D eigenvalue weighted by molar-refractivity contribution is -0.274. The third kappa shape index (κ3) is 6.14. The van der Waals surface area contributed by atoms with E-state index < -0.39 is 12.3 Å². The van der Waals surface area contributed by atoms with E-state index in [2.05, 4.69) is 19.0 Å². The molecule has 0 unspecified atom stereocenters. The summed E-state index contributed by atoms with van der Waals surface area (Å²) < 4.78 is 54.3. The number of pyridine rings is 1. The van der Waals surface area contributed by atoms with E-state index in [0.717, 1.165) is 58.5 Å². The molecule has 0 spiro atoms. The van der Waals surface area contributed by atoms with Crippen LogP contribution in [0.1, 0.15) is 51.0 Å². The number of fused-ring (bicyclic) bond motifs is 1. The molecule has 1 aliphatic carbocycles. The van der Waals surface area contributed by atoms with Gasteiger partial charge in [-0.3, -0.25) is 4.98 Å². The van der Waals surface area contributed by atoms with Crippen molar-refractivity contribution < 1.29 is 32.5 Å². The first kappa shape index (κ1) is 29.4. The number of ether oxygens (including phenoxy) is 2. The SMILES string of the molecule is O=C(O)c1cnc2cc(N3CC(c4ccc(OCc5c(-c6ccccc6OC(F)(F)F)nsc5C5CC5)cc4Cl)C3)ccc2c1. The molecule has 1 saturated carbocycles. The molecule has 12 heteroatoms. The molecule has 1 N–H and O–H groups in total. The Morgan fingerprint density at radius 3 is 2.58 bits per heavy atom. The molecule has 230 valence electrons. The highest BCUT2D eigenvalue weighted by atomic mass is 35.5. The molecule has 2 aromatic heterocycles. The fourth-order valence-electron chi connectivity index (χ4n) is 5.61. The number of halogens is 4. The lowest BCUT2D eigenvalue weighted by Crippen LogP contribution is -2.45. The number of rotatable bonds is 9. The van der Waals surface area contributed by atoms with E-state index in [4.69, 9.17) is 16.3 Å². The number of hydrogen-bond donors (Lipinski definition) is 1. The number of hydrogen-bond acceptors (Lipinski definition) is 7. The number of aromatic nitrogens is 2. The zero-order chi connectivity index (χ0) is 31.3. The fourth-order valence-corrected chi connectivity index (χ4v) is 6.98. The Hall–Kier alpha value is -4.35. The smallest absolute Gasteiger partial charge is 0.489 e. The predicted molar refractivity (Wildman–Crippen MR) is 166 cm³/mol. The van der Waals surface area contributed by atoms with Gasteiger partial charge in [-0.15, -0.1) is 13.2 Å². The van der Waals surface area contributed by atoms with Crippen LogP contribution >= 0.6 is 23.1 Å². The molecule has 7 nitrogen and oxygen atoms in total. The van der Waals surface area contributed by atoms with E-state index in [1.165, 1.54) is 29.9 Å². The second-order valence-electron chi connectivity index (χ2n) is 11.2. The summed E-state index contributed by atoms with van der Waals surface area (Å²) >= 11 is 8.02. The van der Waals surface area contributed by atoms with Crippen molar-refractivity contribution in [3.8, 4) is 22.8 Å². The monoisotopic (exact) mass is 651 g/mol. The number of carboxylic acid groups (broad SMARTS) is 1. The third-order valence-corrected chi connectivity index (χ3v) is 9.47. The summed E-state index contributed by atoms with van der Waals surface area (Å²) in [6.07, 6.45) is -1.44. The highest BCUT2D eigenvalue weighted by Crippen LogP contribution is 2.48. The van der Waals surface area contributed by atoms with Crippen molar-refractivity contribution in [3.05, 3.63) is 99.5 Å². The fraction of sp³-hybridized carbons (Fsp3) is 0.242. The third-order valence-electron chi connectivity index (χ3n) is 8.09. The largest absolute Gasteiger partial charge is 0.573 e. The molecule has 45 heavy (non-hydrogen) atoms. The topological polar surface area (TPSA) is 84.8 Å². The van der Waals surface area contributed by atoms with Gasteiger partial charge in [-0.25, -0.2) is 4.79 Å². The standard InChI is InChI=1S/C33H25ClF3N3O4S/c34-27-13-23(9-10-24(27)21-15-40(16-21)22-8-7-19-11-20(32(41)42)14-38-28(19)12-22)43-17-26-30(39-45-31(26)18-5-6-18)25-3-1-2-4-29(25)44-33(35,36)37/h1-4,7-14,18,21H,5-6,15-17H2,(H,41,42). The van der Waals surface area contributed by atoms with Crippen molar-refractivity contribution in [2.45, 2.75) is 37.6 Å². The van der Waals surface area contributed by atoms with Gasteiger partial charge in [0, 0.05) is 57.3 Å². The predicted octanol–water partition coefficient (Wildman–Crippen LogP) is 8.67. The minimum Gasteiger partial charge on any atom is -0.489 e. The van der Waals surface area contributed by atoms with Crippen molar-refractivity contribution in [2.75, 3.05) is 18.0 Å². The Morgan fingerprint density at radius 1 is 1.04 bits per heavy atom. The summed E-state index contributed by atoms with van der Waals surface area (Å²) in [7, 11) is 0. The maximum absolute atomic E-state index is 13.1. The normalized spacial score (nSPS) is 15.2. The van der Waals surface area contributed by atoms with Gasteiger partial charge < -0.3 is 19.5 Å². The quantitative estimate of drug-likeness (QED) is 0.171. The summed E-state index contributed by atoms with van der Waals surface area (Å²) in [5, 5.41) is 10.6. The molecule has 3 heterocycles. The molecule has 5 aromatic rings. The molecule has 1 saturated heterocycles. The highest BCUT2D eigenvalue weighted by molar-refractivity contribution is 7.06. The van der Waals surface area contributed by atoms with Gasteiger partial charge in [-0.05, 0) is 78.3 Å². The van der Waals surface area contributed by atoms with E-state index in [1.54, 1.807) is 24.3 Å². The number of alkyl halides is 3. The van der Waals surface area contributed by atoms with Crippen molar-refractivity contribution in [1.82, 2.24) is 9.36 Å². The second-order valence-corrected chi connectivity index (χ2v) is 12.4. The Balaban J connectivity index is 1.04. The number of aromatic carboxylic acids is 1. The van der Waals surface area contributed by atoms with Crippen LogP contribution in [0.3, 0.4) is 0 Å². The number of benzene rings is 3. The van der Waals surface area contributed by atoms with Gasteiger partial charge in [-0.2, -0.15) is 4.37 Å². The second kappa shape index (κ2) is 11.5. The van der Waals surface area contributed by atoms with Crippen molar-refractivity contribution in [2.24, 2.45) is 0 Å². The van der Waals surface area contributed by atoms with E-state index in [-0.39, 0.29) is 29.4 Å². The average molecular weight is 652 g/mol. The zero-order valence-electron chi connectivity index (χ0n) is 23.6. The minimum atomic E-state index is -4.82. The van der Waals surface area contributed by atoms with Gasteiger partial charge in [0.25, 0.3) is 0 Å². The van der Waals surface area contributed by atoms with E-state index in [0.29, 0.717) is 22.4 Å². The van der Waals surface area contributed by atoms with Gasteiger partial charge >= 0.3 is 12.3 Å². The molecule has 3 aromatic carbocycles. The van der Waals surface area contributed by atoms with Gasteiger partial charge in [0.05, 0.1) is 16.8 Å². The van der Waals surface area contributed by atoms with Crippen molar-refractivity contribution in [3.63, 3.8) is 0 Å². The van der Waals surface area contributed by atoms with Crippen LogP contribution in [0, 0.1) is 0 Å². The van der Waals surface area contributed by atoms with Crippen LogP contribution in [0.15, 0.2) is 72.9 Å². The summed E-state index contributed by atoms with van der Waals surface area (Å²) in [6.45, 7) is 1.65. The molecule has 0 radical (unpaired) electrons. The molecule has 2 aliphatic rings. The maximum atomic E-state index is 13.1. The molecular formula is C33H25ClF3N3O4S. The van der Waals surface area contributed by atoms with Crippen LogP contribution in [0.5, 0.6) is 11.5 Å². The van der Waals surface area contributed by atoms with Crippen molar-refractivity contribution in [1.29, 1.82) is 0 Å². The maximum Gasteiger partial charge on any atom is 0.573 e. The number of nitrogens with zero attached hydrogens (tertiary/aromatic N) is 3. The average Bonchev–Trinajstić information content (AvgIpc) is 3.74. The summed E-state index contributed by atoms with van der Waals surface area (Å²) in [4.78, 5) is 18.8. The van der Waals surface area contributed by atoms with Crippen LogP contribution in [-0.4, -0.2) is 39.9 Å². The Morgan fingerprint density at radius 2 is 1.84 bits per heavy atom. The van der Waals surface area contributed by atoms with E-state index >= 15 is 0 Å². The number of carbonyl (C=O) groups is 1. The molecule has 0 atom stereocenters. The molecular weight excluding hydrogens is 627 g/mol. The first-order valence-corrected chi connectivity index (χ1v) is 15.4. The van der Waals surface area contributed by atoms with Crippen LogP contribution in [-0.2, 0) is 6.61 Å². The van der Waals surface area contributed by atoms with Gasteiger partial charge in [0.1, 0.15) is 18.1 Å².